The van der Waals surface area contributed by atoms with E-state index in [0.717, 1.165) is 4.68 Å². The Balaban J connectivity index is 2.27. The van der Waals surface area contributed by atoms with Crippen molar-refractivity contribution in [3.63, 3.8) is 0 Å². The van der Waals surface area contributed by atoms with E-state index in [1.807, 2.05) is 0 Å². The first-order valence-electron chi connectivity index (χ1n) is 6.15. The standard InChI is InChI=1S/C12H13ClF3N5O/c1-19(6-7-4-5-20(2)17-7)11(22)9-8(13)10(12(14,15)16)18-21(9)3/h4-5H,6H2,1-3H3. The van der Waals surface area contributed by atoms with E-state index in [1.54, 1.807) is 24.0 Å². The zero-order valence-electron chi connectivity index (χ0n) is 12.0. The van der Waals surface area contributed by atoms with Crippen LogP contribution in [0.2, 0.25) is 5.02 Å². The van der Waals surface area contributed by atoms with Crippen molar-refractivity contribution in [3.05, 3.63) is 34.4 Å². The van der Waals surface area contributed by atoms with Crippen LogP contribution in [0, 0.1) is 0 Å². The maximum atomic E-state index is 12.8. The minimum absolute atomic E-state index is 0.141. The van der Waals surface area contributed by atoms with Gasteiger partial charge in [-0.1, -0.05) is 11.6 Å². The van der Waals surface area contributed by atoms with Crippen molar-refractivity contribution < 1.29 is 18.0 Å². The highest BCUT2D eigenvalue weighted by Crippen LogP contribution is 2.35. The topological polar surface area (TPSA) is 56.0 Å². The molecular weight excluding hydrogens is 323 g/mol. The first-order valence-corrected chi connectivity index (χ1v) is 6.52. The van der Waals surface area contributed by atoms with Crippen LogP contribution in [0.1, 0.15) is 21.9 Å². The normalized spacial score (nSPS) is 11.8. The number of alkyl halides is 3. The van der Waals surface area contributed by atoms with Crippen LogP contribution in [0.4, 0.5) is 13.2 Å². The van der Waals surface area contributed by atoms with Gasteiger partial charge < -0.3 is 4.90 Å². The molecule has 0 radical (unpaired) electrons. The molecule has 0 spiro atoms. The quantitative estimate of drug-likeness (QED) is 0.863. The van der Waals surface area contributed by atoms with Crippen LogP contribution in [0.5, 0.6) is 0 Å². The molecule has 2 aromatic rings. The number of aryl methyl sites for hydroxylation is 2. The highest BCUT2D eigenvalue weighted by Gasteiger charge is 2.40. The zero-order valence-corrected chi connectivity index (χ0v) is 12.8. The van der Waals surface area contributed by atoms with Crippen molar-refractivity contribution in [1.29, 1.82) is 0 Å². The molecule has 22 heavy (non-hydrogen) atoms. The van der Waals surface area contributed by atoms with Gasteiger partial charge in [-0.05, 0) is 6.07 Å². The van der Waals surface area contributed by atoms with Gasteiger partial charge >= 0.3 is 6.18 Å². The average molecular weight is 336 g/mol. The summed E-state index contributed by atoms with van der Waals surface area (Å²) < 4.78 is 40.7. The van der Waals surface area contributed by atoms with Gasteiger partial charge in [-0.3, -0.25) is 14.2 Å². The second kappa shape index (κ2) is 5.64. The lowest BCUT2D eigenvalue weighted by Crippen LogP contribution is -2.28. The third-order valence-electron chi connectivity index (χ3n) is 2.98. The van der Waals surface area contributed by atoms with Crippen LogP contribution < -0.4 is 0 Å². The van der Waals surface area contributed by atoms with Crippen LogP contribution in [0.3, 0.4) is 0 Å². The van der Waals surface area contributed by atoms with Crippen LogP contribution in [0.15, 0.2) is 12.3 Å². The number of rotatable bonds is 3. The molecule has 0 unspecified atom stereocenters. The Morgan fingerprint density at radius 2 is 2.00 bits per heavy atom. The molecule has 0 aliphatic carbocycles. The second-order valence-corrected chi connectivity index (χ2v) is 5.15. The monoisotopic (exact) mass is 335 g/mol. The molecule has 1 amide bonds. The predicted octanol–water partition coefficient (Wildman–Crippen LogP) is 2.10. The van der Waals surface area contributed by atoms with Crippen LogP contribution >= 0.6 is 11.6 Å². The van der Waals surface area contributed by atoms with Gasteiger partial charge in [-0.2, -0.15) is 23.4 Å². The SMILES string of the molecule is CN(Cc1ccn(C)n1)C(=O)c1c(Cl)c(C(F)(F)F)nn1C. The lowest BCUT2D eigenvalue weighted by molar-refractivity contribution is -0.141. The molecule has 0 aliphatic heterocycles. The molecule has 0 bridgehead atoms. The average Bonchev–Trinajstić information content (AvgIpc) is 2.92. The van der Waals surface area contributed by atoms with Gasteiger partial charge in [-0.25, -0.2) is 0 Å². The highest BCUT2D eigenvalue weighted by molar-refractivity contribution is 6.34. The molecule has 2 heterocycles. The first-order chi connectivity index (χ1) is 10.1. The number of aromatic nitrogens is 4. The number of halogens is 4. The molecular formula is C12H13ClF3N5O. The van der Waals surface area contributed by atoms with Crippen molar-refractivity contribution in [2.75, 3.05) is 7.05 Å². The van der Waals surface area contributed by atoms with Crippen molar-refractivity contribution >= 4 is 17.5 Å². The molecule has 2 rings (SSSR count). The molecule has 6 nitrogen and oxygen atoms in total. The number of hydrogen-bond donors (Lipinski definition) is 0. The molecule has 10 heteroatoms. The van der Waals surface area contributed by atoms with Crippen LogP contribution in [0.25, 0.3) is 0 Å². The first kappa shape index (κ1) is 16.3. The molecule has 0 aromatic carbocycles. The van der Waals surface area contributed by atoms with Crippen LogP contribution in [-0.2, 0) is 26.8 Å². The lowest BCUT2D eigenvalue weighted by atomic mass is 10.3. The van der Waals surface area contributed by atoms with Gasteiger partial charge in [0.25, 0.3) is 5.91 Å². The van der Waals surface area contributed by atoms with Gasteiger partial charge in [0.2, 0.25) is 0 Å². The summed E-state index contributed by atoms with van der Waals surface area (Å²) in [5.74, 6) is -0.666. The van der Waals surface area contributed by atoms with Gasteiger partial charge in [-0.15, -0.1) is 0 Å². The molecule has 0 saturated heterocycles. The zero-order chi connectivity index (χ0) is 16.7. The molecule has 120 valence electrons. The van der Waals surface area contributed by atoms with E-state index in [0.29, 0.717) is 5.69 Å². The van der Waals surface area contributed by atoms with Gasteiger partial charge in [0, 0.05) is 27.3 Å². The fourth-order valence-corrected chi connectivity index (χ4v) is 2.30. The highest BCUT2D eigenvalue weighted by atomic mass is 35.5. The third kappa shape index (κ3) is 3.08. The summed E-state index contributed by atoms with van der Waals surface area (Å²) in [6.45, 7) is 0.141. The third-order valence-corrected chi connectivity index (χ3v) is 3.33. The summed E-state index contributed by atoms with van der Waals surface area (Å²) in [6.07, 6.45) is -3.01. The van der Waals surface area contributed by atoms with Gasteiger partial charge in [0.05, 0.1) is 12.2 Å². The van der Waals surface area contributed by atoms with Crippen molar-refractivity contribution in [3.8, 4) is 0 Å². The van der Waals surface area contributed by atoms with Crippen molar-refractivity contribution in [2.24, 2.45) is 14.1 Å². The molecule has 0 saturated carbocycles. The fraction of sp³-hybridized carbons (Fsp3) is 0.417. The molecule has 0 atom stereocenters. The lowest BCUT2D eigenvalue weighted by Gasteiger charge is -2.16. The Hall–Kier alpha value is -2.03. The number of nitrogens with zero attached hydrogens (tertiary/aromatic N) is 5. The number of carbonyl (C=O) groups excluding carboxylic acids is 1. The largest absolute Gasteiger partial charge is 0.436 e. The maximum Gasteiger partial charge on any atom is 0.436 e. The van der Waals surface area contributed by atoms with E-state index in [-0.39, 0.29) is 12.2 Å². The summed E-state index contributed by atoms with van der Waals surface area (Å²) in [4.78, 5) is 13.5. The molecule has 0 N–H and O–H groups in total. The summed E-state index contributed by atoms with van der Waals surface area (Å²) >= 11 is 5.69. The van der Waals surface area contributed by atoms with Crippen molar-refractivity contribution in [2.45, 2.75) is 12.7 Å². The molecule has 0 aliphatic rings. The summed E-state index contributed by atoms with van der Waals surface area (Å²) in [7, 11) is 4.41. The second-order valence-electron chi connectivity index (χ2n) is 4.77. The van der Waals surface area contributed by atoms with E-state index >= 15 is 0 Å². The van der Waals surface area contributed by atoms with E-state index in [2.05, 4.69) is 10.2 Å². The Morgan fingerprint density at radius 3 is 2.45 bits per heavy atom. The van der Waals surface area contributed by atoms with Gasteiger partial charge in [0.1, 0.15) is 10.7 Å². The minimum atomic E-state index is -4.72. The summed E-state index contributed by atoms with van der Waals surface area (Å²) in [5.41, 5.74) is -0.980. The number of hydrogen-bond acceptors (Lipinski definition) is 3. The minimum Gasteiger partial charge on any atom is -0.334 e. The summed E-state index contributed by atoms with van der Waals surface area (Å²) in [6, 6.07) is 1.70. The number of carbonyl (C=O) groups is 1. The van der Waals surface area contributed by atoms with E-state index < -0.39 is 22.8 Å². The van der Waals surface area contributed by atoms with E-state index in [1.165, 1.54) is 19.0 Å². The van der Waals surface area contributed by atoms with Crippen molar-refractivity contribution in [1.82, 2.24) is 24.5 Å². The fourth-order valence-electron chi connectivity index (χ4n) is 1.95. The van der Waals surface area contributed by atoms with Gasteiger partial charge in [0.15, 0.2) is 5.69 Å². The summed E-state index contributed by atoms with van der Waals surface area (Å²) in [5, 5.41) is 6.69. The number of amides is 1. The predicted molar refractivity (Wildman–Crippen MR) is 72.2 cm³/mol. The Morgan fingerprint density at radius 1 is 1.36 bits per heavy atom. The molecule has 0 fully saturated rings. The Labute approximate surface area is 129 Å². The Kier molecular flexibility index (Phi) is 4.19. The van der Waals surface area contributed by atoms with E-state index in [9.17, 15) is 18.0 Å². The smallest absolute Gasteiger partial charge is 0.334 e. The van der Waals surface area contributed by atoms with Crippen LogP contribution in [-0.4, -0.2) is 37.4 Å². The molecule has 2 aromatic heterocycles. The maximum absolute atomic E-state index is 12.8. The Bertz CT molecular complexity index is 706. The van der Waals surface area contributed by atoms with E-state index in [4.69, 9.17) is 11.6 Å².